The van der Waals surface area contributed by atoms with Gasteiger partial charge < -0.3 is 14.2 Å². The van der Waals surface area contributed by atoms with E-state index >= 15 is 0 Å². The van der Waals surface area contributed by atoms with Gasteiger partial charge in [0, 0.05) is 16.5 Å². The highest BCUT2D eigenvalue weighted by molar-refractivity contribution is 6.31. The molecule has 6 nitrogen and oxygen atoms in total. The second-order valence-corrected chi connectivity index (χ2v) is 9.05. The molecular weight excluding hydrogens is 452 g/mol. The minimum Gasteiger partial charge on any atom is -0.485 e. The van der Waals surface area contributed by atoms with Gasteiger partial charge in [-0.25, -0.2) is 9.36 Å². The number of carbonyl (C=O) groups excluding carboxylic acids is 1. The van der Waals surface area contributed by atoms with Crippen LogP contribution in [-0.2, 0) is 11.3 Å². The number of ether oxygens (including phenoxy) is 3. The fourth-order valence-electron chi connectivity index (χ4n) is 3.42. The Labute approximate surface area is 202 Å². The molecule has 0 fully saturated rings. The lowest BCUT2D eigenvalue weighted by atomic mass is 10.2. The molecule has 4 rings (SSSR count). The van der Waals surface area contributed by atoms with Crippen LogP contribution in [0, 0.1) is 11.3 Å². The number of benzene rings is 3. The first kappa shape index (κ1) is 23.2. The van der Waals surface area contributed by atoms with Crippen molar-refractivity contribution < 1.29 is 19.0 Å². The topological polar surface area (TPSA) is 73.5 Å². The lowest BCUT2D eigenvalue weighted by Gasteiger charge is -2.20. The maximum atomic E-state index is 12.9. The van der Waals surface area contributed by atoms with Crippen LogP contribution in [0.25, 0.3) is 10.9 Å². The first-order valence-electron chi connectivity index (χ1n) is 10.7. The highest BCUT2D eigenvalue weighted by atomic mass is 35.5. The van der Waals surface area contributed by atoms with Gasteiger partial charge in [-0.1, -0.05) is 54.1 Å². The minimum atomic E-state index is -0.729. The highest BCUT2D eigenvalue weighted by Crippen LogP contribution is 2.38. The SMILES string of the molecule is CC(C)(C)OC(=O)n1c(C#N)cc2c(Oc3ccccc3OCc3ccccc3)cc(Cl)cc21. The van der Waals surface area contributed by atoms with Gasteiger partial charge in [0.1, 0.15) is 29.7 Å². The molecule has 3 aromatic carbocycles. The fraction of sp³-hybridized carbons (Fsp3) is 0.185. The third-order valence-electron chi connectivity index (χ3n) is 4.84. The van der Waals surface area contributed by atoms with Crippen LogP contribution >= 0.6 is 11.6 Å². The van der Waals surface area contributed by atoms with Gasteiger partial charge in [-0.05, 0) is 50.6 Å². The van der Waals surface area contributed by atoms with Crippen LogP contribution < -0.4 is 9.47 Å². The second-order valence-electron chi connectivity index (χ2n) is 8.62. The van der Waals surface area contributed by atoms with Gasteiger partial charge in [-0.15, -0.1) is 0 Å². The molecule has 0 atom stereocenters. The Bertz CT molecular complexity index is 1380. The molecule has 1 heterocycles. The smallest absolute Gasteiger partial charge is 0.420 e. The number of para-hydroxylation sites is 2. The molecule has 0 spiro atoms. The van der Waals surface area contributed by atoms with Gasteiger partial charge in [0.05, 0.1) is 5.52 Å². The highest BCUT2D eigenvalue weighted by Gasteiger charge is 2.24. The molecule has 0 radical (unpaired) electrons. The van der Waals surface area contributed by atoms with Crippen LogP contribution in [0.4, 0.5) is 4.79 Å². The Kier molecular flexibility index (Phi) is 6.49. The molecule has 0 bridgehead atoms. The largest absolute Gasteiger partial charge is 0.485 e. The van der Waals surface area contributed by atoms with E-state index in [1.807, 2.05) is 48.5 Å². The predicted molar refractivity (Wildman–Crippen MR) is 131 cm³/mol. The summed E-state index contributed by atoms with van der Waals surface area (Å²) in [5.41, 5.74) is 0.823. The number of rotatable bonds is 5. The summed E-state index contributed by atoms with van der Waals surface area (Å²) in [5.74, 6) is 1.41. The zero-order valence-corrected chi connectivity index (χ0v) is 19.8. The quantitative estimate of drug-likeness (QED) is 0.303. The number of hydrogen-bond acceptors (Lipinski definition) is 5. The monoisotopic (exact) mass is 474 g/mol. The van der Waals surface area contributed by atoms with Crippen molar-refractivity contribution in [3.63, 3.8) is 0 Å². The number of nitrogens with zero attached hydrogens (tertiary/aromatic N) is 2. The Balaban J connectivity index is 1.71. The van der Waals surface area contributed by atoms with Gasteiger partial charge in [0.15, 0.2) is 11.5 Å². The van der Waals surface area contributed by atoms with Crippen molar-refractivity contribution in [2.75, 3.05) is 0 Å². The van der Waals surface area contributed by atoms with Crippen LogP contribution in [0.15, 0.2) is 72.8 Å². The third kappa shape index (κ3) is 5.16. The van der Waals surface area contributed by atoms with Gasteiger partial charge in [-0.3, -0.25) is 0 Å². The summed E-state index contributed by atoms with van der Waals surface area (Å²) in [4.78, 5) is 12.9. The fourth-order valence-corrected chi connectivity index (χ4v) is 3.62. The molecule has 34 heavy (non-hydrogen) atoms. The van der Waals surface area contributed by atoms with E-state index in [-0.39, 0.29) is 5.69 Å². The van der Waals surface area contributed by atoms with Crippen molar-refractivity contribution in [1.29, 1.82) is 5.26 Å². The van der Waals surface area contributed by atoms with E-state index in [0.29, 0.717) is 39.8 Å². The van der Waals surface area contributed by atoms with Crippen molar-refractivity contribution in [2.24, 2.45) is 0 Å². The summed E-state index contributed by atoms with van der Waals surface area (Å²) in [6, 6.07) is 24.0. The third-order valence-corrected chi connectivity index (χ3v) is 5.06. The summed E-state index contributed by atoms with van der Waals surface area (Å²) < 4.78 is 18.9. The van der Waals surface area contributed by atoms with Crippen LogP contribution in [0.3, 0.4) is 0 Å². The van der Waals surface area contributed by atoms with Crippen molar-refractivity contribution in [2.45, 2.75) is 33.0 Å². The van der Waals surface area contributed by atoms with Gasteiger partial charge in [0.2, 0.25) is 0 Å². The molecule has 0 amide bonds. The number of carbonyl (C=O) groups is 1. The molecule has 0 unspecified atom stereocenters. The lowest BCUT2D eigenvalue weighted by molar-refractivity contribution is 0.0543. The van der Waals surface area contributed by atoms with Crippen LogP contribution in [0.5, 0.6) is 17.2 Å². The zero-order chi connectivity index (χ0) is 24.3. The van der Waals surface area contributed by atoms with E-state index in [1.54, 1.807) is 45.0 Å². The average Bonchev–Trinajstić information content (AvgIpc) is 3.17. The number of halogens is 1. The predicted octanol–water partition coefficient (Wildman–Crippen LogP) is 7.32. The maximum Gasteiger partial charge on any atom is 0.420 e. The average molecular weight is 475 g/mol. The van der Waals surface area contributed by atoms with Gasteiger partial charge in [-0.2, -0.15) is 5.26 Å². The number of hydrogen-bond donors (Lipinski definition) is 0. The Morgan fingerprint density at radius 2 is 1.65 bits per heavy atom. The standard InChI is InChI=1S/C27H23ClN2O4/c1-27(2,3)34-26(31)30-20(16-29)15-21-22(30)13-19(28)14-25(21)33-24-12-8-7-11-23(24)32-17-18-9-5-4-6-10-18/h4-15H,17H2,1-3H3. The molecule has 0 aliphatic heterocycles. The van der Waals surface area contributed by atoms with Crippen molar-refractivity contribution in [3.8, 4) is 23.3 Å². The summed E-state index contributed by atoms with van der Waals surface area (Å²) >= 11 is 6.37. The van der Waals surface area contributed by atoms with E-state index in [1.165, 1.54) is 4.57 Å². The Hall–Kier alpha value is -3.95. The molecule has 7 heteroatoms. The Morgan fingerprint density at radius 1 is 0.971 bits per heavy atom. The summed E-state index contributed by atoms with van der Waals surface area (Å²) in [7, 11) is 0. The molecule has 1 aromatic heterocycles. The molecule has 0 N–H and O–H groups in total. The first-order valence-corrected chi connectivity index (χ1v) is 11.0. The number of aromatic nitrogens is 1. The number of fused-ring (bicyclic) bond motifs is 1. The minimum absolute atomic E-state index is 0.116. The molecule has 0 aliphatic rings. The van der Waals surface area contributed by atoms with E-state index < -0.39 is 11.7 Å². The maximum absolute atomic E-state index is 12.9. The normalized spacial score (nSPS) is 11.1. The summed E-state index contributed by atoms with van der Waals surface area (Å²) in [6.45, 7) is 5.66. The molecule has 4 aromatic rings. The van der Waals surface area contributed by atoms with Crippen molar-refractivity contribution in [1.82, 2.24) is 4.57 Å². The molecular formula is C27H23ClN2O4. The molecule has 0 saturated carbocycles. The number of nitriles is 1. The summed E-state index contributed by atoms with van der Waals surface area (Å²) in [5, 5.41) is 10.6. The zero-order valence-electron chi connectivity index (χ0n) is 19.0. The van der Waals surface area contributed by atoms with Crippen molar-refractivity contribution >= 4 is 28.6 Å². The van der Waals surface area contributed by atoms with Crippen LogP contribution in [0.1, 0.15) is 32.0 Å². The van der Waals surface area contributed by atoms with Crippen LogP contribution in [-0.4, -0.2) is 16.3 Å². The van der Waals surface area contributed by atoms with Gasteiger partial charge >= 0.3 is 6.09 Å². The van der Waals surface area contributed by atoms with E-state index in [9.17, 15) is 10.1 Å². The van der Waals surface area contributed by atoms with E-state index in [4.69, 9.17) is 25.8 Å². The van der Waals surface area contributed by atoms with E-state index in [2.05, 4.69) is 6.07 Å². The van der Waals surface area contributed by atoms with Gasteiger partial charge in [0.25, 0.3) is 0 Å². The molecule has 0 saturated heterocycles. The first-order chi connectivity index (χ1) is 16.2. The van der Waals surface area contributed by atoms with Crippen LogP contribution in [0.2, 0.25) is 5.02 Å². The van der Waals surface area contributed by atoms with Crippen molar-refractivity contribution in [3.05, 3.63) is 89.1 Å². The lowest BCUT2D eigenvalue weighted by Crippen LogP contribution is -2.27. The molecule has 0 aliphatic carbocycles. The summed E-state index contributed by atoms with van der Waals surface area (Å²) in [6.07, 6.45) is -0.668. The van der Waals surface area contributed by atoms with E-state index in [0.717, 1.165) is 5.56 Å². The second kappa shape index (κ2) is 9.50. The Morgan fingerprint density at radius 3 is 2.32 bits per heavy atom. The molecule has 172 valence electrons.